The Morgan fingerprint density at radius 1 is 1.11 bits per heavy atom. The summed E-state index contributed by atoms with van der Waals surface area (Å²) in [5, 5.41) is 2.85. The van der Waals surface area contributed by atoms with E-state index in [1.807, 2.05) is 0 Å². The lowest BCUT2D eigenvalue weighted by Crippen LogP contribution is -2.27. The number of ether oxygens (including phenoxy) is 2. The third-order valence-electron chi connectivity index (χ3n) is 2.47. The van der Waals surface area contributed by atoms with Gasteiger partial charge in [-0.15, -0.1) is 0 Å². The zero-order valence-electron chi connectivity index (χ0n) is 12.2. The number of carbonyl (C=O) groups excluding carboxylic acids is 1. The average Bonchev–Trinajstić information content (AvgIpc) is 2.32. The number of nitrogens with one attached hydrogen (secondary N) is 1. The molecule has 0 atom stereocenters. The summed E-state index contributed by atoms with van der Waals surface area (Å²) in [6.07, 6.45) is 3.73. The lowest BCUT2D eigenvalue weighted by Gasteiger charge is -2.07. The van der Waals surface area contributed by atoms with E-state index in [9.17, 15) is 4.79 Å². The van der Waals surface area contributed by atoms with E-state index >= 15 is 0 Å². The Balaban J connectivity index is 3.15. The Morgan fingerprint density at radius 2 is 1.78 bits per heavy atom. The summed E-state index contributed by atoms with van der Waals surface area (Å²) in [6, 6.07) is 0. The van der Waals surface area contributed by atoms with Gasteiger partial charge in [-0.2, -0.15) is 0 Å². The molecule has 1 N–H and O–H groups in total. The minimum Gasteiger partial charge on any atom is -0.379 e. The smallest absolute Gasteiger partial charge is 0.220 e. The third-order valence-corrected chi connectivity index (χ3v) is 2.47. The highest BCUT2D eigenvalue weighted by Crippen LogP contribution is 2.05. The van der Waals surface area contributed by atoms with Gasteiger partial charge in [-0.1, -0.05) is 27.2 Å². The highest BCUT2D eigenvalue weighted by atomic mass is 16.5. The second-order valence-electron chi connectivity index (χ2n) is 4.86. The van der Waals surface area contributed by atoms with Crippen LogP contribution >= 0.6 is 0 Å². The third kappa shape index (κ3) is 13.5. The van der Waals surface area contributed by atoms with Gasteiger partial charge in [0.2, 0.25) is 5.91 Å². The molecule has 0 aliphatic carbocycles. The Morgan fingerprint density at radius 3 is 2.39 bits per heavy atom. The molecule has 0 rings (SSSR count). The van der Waals surface area contributed by atoms with Crippen molar-refractivity contribution in [1.82, 2.24) is 5.32 Å². The molecule has 0 radical (unpaired) electrons. The van der Waals surface area contributed by atoms with E-state index in [4.69, 9.17) is 9.47 Å². The second kappa shape index (κ2) is 12.8. The topological polar surface area (TPSA) is 47.6 Å². The van der Waals surface area contributed by atoms with Crippen molar-refractivity contribution in [2.45, 2.75) is 46.5 Å². The number of amides is 1. The highest BCUT2D eigenvalue weighted by molar-refractivity contribution is 5.75. The molecule has 0 aromatic heterocycles. The van der Waals surface area contributed by atoms with Crippen LogP contribution in [-0.4, -0.2) is 38.9 Å². The molecule has 0 aromatic carbocycles. The minimum atomic E-state index is 0.126. The van der Waals surface area contributed by atoms with Gasteiger partial charge in [0.1, 0.15) is 0 Å². The summed E-state index contributed by atoms with van der Waals surface area (Å²) in [5.74, 6) is 0.797. The fraction of sp³-hybridized carbons (Fsp3) is 0.929. The normalized spacial score (nSPS) is 10.9. The van der Waals surface area contributed by atoms with Crippen LogP contribution in [0.5, 0.6) is 0 Å². The number of hydrogen-bond donors (Lipinski definition) is 1. The van der Waals surface area contributed by atoms with E-state index in [1.165, 1.54) is 0 Å². The van der Waals surface area contributed by atoms with Crippen molar-refractivity contribution in [2.24, 2.45) is 5.92 Å². The van der Waals surface area contributed by atoms with Crippen LogP contribution in [0.3, 0.4) is 0 Å². The molecular weight excluding hydrogens is 230 g/mol. The molecule has 1 amide bonds. The van der Waals surface area contributed by atoms with E-state index in [1.54, 1.807) is 0 Å². The van der Waals surface area contributed by atoms with Crippen LogP contribution < -0.4 is 5.32 Å². The van der Waals surface area contributed by atoms with Crippen LogP contribution in [0, 0.1) is 5.92 Å². The van der Waals surface area contributed by atoms with Crippen molar-refractivity contribution >= 4 is 5.91 Å². The second-order valence-corrected chi connectivity index (χ2v) is 4.86. The molecule has 0 saturated carbocycles. The predicted molar refractivity (Wildman–Crippen MR) is 73.6 cm³/mol. The summed E-state index contributed by atoms with van der Waals surface area (Å²) in [6.45, 7) is 9.60. The first-order valence-electron chi connectivity index (χ1n) is 7.09. The Hall–Kier alpha value is -0.610. The molecule has 4 nitrogen and oxygen atoms in total. The van der Waals surface area contributed by atoms with Crippen molar-refractivity contribution in [3.63, 3.8) is 0 Å². The summed E-state index contributed by atoms with van der Waals surface area (Å²) < 4.78 is 10.6. The molecule has 18 heavy (non-hydrogen) atoms. The number of hydrogen-bond acceptors (Lipinski definition) is 3. The van der Waals surface area contributed by atoms with Crippen LogP contribution in [0.25, 0.3) is 0 Å². The van der Waals surface area contributed by atoms with Crippen LogP contribution in [0.4, 0.5) is 0 Å². The van der Waals surface area contributed by atoms with Crippen molar-refractivity contribution in [3.8, 4) is 0 Å². The molecule has 0 aliphatic heterocycles. The van der Waals surface area contributed by atoms with Gasteiger partial charge in [0, 0.05) is 19.6 Å². The molecule has 0 unspecified atom stereocenters. The van der Waals surface area contributed by atoms with Gasteiger partial charge in [0.15, 0.2) is 0 Å². The van der Waals surface area contributed by atoms with Gasteiger partial charge >= 0.3 is 0 Å². The predicted octanol–water partition coefficient (Wildman–Crippen LogP) is 2.37. The fourth-order valence-electron chi connectivity index (χ4n) is 1.49. The summed E-state index contributed by atoms with van der Waals surface area (Å²) in [5.41, 5.74) is 0. The molecule has 0 aromatic rings. The van der Waals surface area contributed by atoms with Crippen LogP contribution in [0.15, 0.2) is 0 Å². The molecule has 0 bridgehead atoms. The van der Waals surface area contributed by atoms with Gasteiger partial charge in [0.25, 0.3) is 0 Å². The molecule has 0 spiro atoms. The molecule has 4 heteroatoms. The van der Waals surface area contributed by atoms with Crippen LogP contribution in [0.2, 0.25) is 0 Å². The monoisotopic (exact) mass is 259 g/mol. The quantitative estimate of drug-likeness (QED) is 0.547. The maximum atomic E-state index is 11.4. The standard InChI is InChI=1S/C14H29NO3/c1-4-9-17-11-12-18-10-8-15-14(16)7-5-6-13(2)3/h13H,4-12H2,1-3H3,(H,15,16). The van der Waals surface area contributed by atoms with Gasteiger partial charge in [-0.05, 0) is 18.8 Å². The van der Waals surface area contributed by atoms with E-state index in [2.05, 4.69) is 26.1 Å². The Kier molecular flexibility index (Phi) is 12.4. The molecule has 0 aliphatic rings. The molecule has 0 saturated heterocycles. The van der Waals surface area contributed by atoms with E-state index in [-0.39, 0.29) is 5.91 Å². The SMILES string of the molecule is CCCOCCOCCNC(=O)CCCC(C)C. The van der Waals surface area contributed by atoms with E-state index in [0.717, 1.165) is 25.9 Å². The van der Waals surface area contributed by atoms with E-state index in [0.29, 0.717) is 38.7 Å². The van der Waals surface area contributed by atoms with Gasteiger partial charge in [0.05, 0.1) is 19.8 Å². The summed E-state index contributed by atoms with van der Waals surface area (Å²) >= 11 is 0. The summed E-state index contributed by atoms with van der Waals surface area (Å²) in [7, 11) is 0. The van der Waals surface area contributed by atoms with E-state index < -0.39 is 0 Å². The largest absolute Gasteiger partial charge is 0.379 e. The highest BCUT2D eigenvalue weighted by Gasteiger charge is 2.01. The van der Waals surface area contributed by atoms with Crippen molar-refractivity contribution < 1.29 is 14.3 Å². The van der Waals surface area contributed by atoms with Crippen molar-refractivity contribution in [2.75, 3.05) is 33.0 Å². The average molecular weight is 259 g/mol. The summed E-state index contributed by atoms with van der Waals surface area (Å²) in [4.78, 5) is 11.4. The zero-order valence-corrected chi connectivity index (χ0v) is 12.2. The molecular formula is C14H29NO3. The first-order valence-corrected chi connectivity index (χ1v) is 7.09. The first-order chi connectivity index (χ1) is 8.66. The van der Waals surface area contributed by atoms with Crippen molar-refractivity contribution in [3.05, 3.63) is 0 Å². The molecule has 108 valence electrons. The maximum absolute atomic E-state index is 11.4. The van der Waals surface area contributed by atoms with Crippen molar-refractivity contribution in [1.29, 1.82) is 0 Å². The fourth-order valence-corrected chi connectivity index (χ4v) is 1.49. The maximum Gasteiger partial charge on any atom is 0.220 e. The number of rotatable bonds is 12. The lowest BCUT2D eigenvalue weighted by molar-refractivity contribution is -0.121. The zero-order chi connectivity index (χ0) is 13.6. The van der Waals surface area contributed by atoms with Gasteiger partial charge in [-0.3, -0.25) is 4.79 Å². The van der Waals surface area contributed by atoms with Crippen LogP contribution in [0.1, 0.15) is 46.5 Å². The number of carbonyl (C=O) groups is 1. The van der Waals surface area contributed by atoms with Crippen LogP contribution in [-0.2, 0) is 14.3 Å². The van der Waals surface area contributed by atoms with Gasteiger partial charge < -0.3 is 14.8 Å². The first kappa shape index (κ1) is 17.4. The molecule has 0 heterocycles. The Labute approximate surface area is 111 Å². The lowest BCUT2D eigenvalue weighted by atomic mass is 10.1. The Bertz CT molecular complexity index is 195. The van der Waals surface area contributed by atoms with Gasteiger partial charge in [-0.25, -0.2) is 0 Å². The minimum absolute atomic E-state index is 0.126. The molecule has 0 fully saturated rings.